The molecule has 5 heterocycles. The molecular weight excluding hydrogens is 528 g/mol. The summed E-state index contributed by atoms with van der Waals surface area (Å²) in [5.41, 5.74) is 8.95. The number of aliphatic hydroxyl groups excluding tert-OH is 1. The van der Waals surface area contributed by atoms with Crippen molar-refractivity contribution in [2.24, 2.45) is 22.4 Å². The molecule has 5 rings (SSSR count). The van der Waals surface area contributed by atoms with Crippen LogP contribution in [0.5, 0.6) is 0 Å². The van der Waals surface area contributed by atoms with E-state index in [0.29, 0.717) is 0 Å². The van der Waals surface area contributed by atoms with Gasteiger partial charge in [-0.15, -0.1) is 0 Å². The lowest BCUT2D eigenvalue weighted by molar-refractivity contribution is -0.815. The Morgan fingerprint density at radius 2 is 2.11 bits per heavy atom. The first kappa shape index (κ1) is 27.0. The number of hydroxylamine groups is 3. The first-order valence-corrected chi connectivity index (χ1v) is 10.9. The summed E-state index contributed by atoms with van der Waals surface area (Å²) in [6.45, 7) is -1.71. The molecule has 0 radical (unpaired) electrons. The maximum absolute atomic E-state index is 13.7. The summed E-state index contributed by atoms with van der Waals surface area (Å²) in [4.78, 5) is 41.0. The molecule has 206 valence electrons. The van der Waals surface area contributed by atoms with Crippen LogP contribution in [0.1, 0.15) is 6.42 Å². The molecule has 6 atom stereocenters. The Balaban J connectivity index is 0.00000156. The molecule has 0 aromatic rings. The number of carbonyl (C=O) groups is 2. The Labute approximate surface area is 211 Å². The highest BCUT2D eigenvalue weighted by Gasteiger charge is 2.84. The molecule has 0 aliphatic carbocycles. The second-order valence-electron chi connectivity index (χ2n) is 8.87. The maximum Gasteiger partial charge on any atom is 0.432 e. The van der Waals surface area contributed by atoms with Gasteiger partial charge in [0.05, 0.1) is 19.3 Å². The van der Waals surface area contributed by atoms with Crippen LogP contribution in [0.25, 0.3) is 0 Å². The highest BCUT2D eigenvalue weighted by molar-refractivity contribution is 7.44. The molecule has 2 amide bonds. The zero-order valence-corrected chi connectivity index (χ0v) is 19.6. The van der Waals surface area contributed by atoms with Crippen LogP contribution < -0.4 is 27.5 Å². The second kappa shape index (κ2) is 9.38. The summed E-state index contributed by atoms with van der Waals surface area (Å²) in [6, 6.07) is -3.83. The number of nitrogens with one attached hydrogen (secondary N) is 2. The lowest BCUT2D eigenvalue weighted by Gasteiger charge is -2.45. The maximum atomic E-state index is 13.7. The van der Waals surface area contributed by atoms with E-state index >= 15 is 0 Å². The number of guanidine groups is 2. The van der Waals surface area contributed by atoms with E-state index in [1.54, 1.807) is 0 Å². The van der Waals surface area contributed by atoms with E-state index in [1.165, 1.54) is 10.1 Å². The van der Waals surface area contributed by atoms with Crippen LogP contribution in [-0.4, -0.2) is 125 Å². The number of fused-ring (bicyclic) bond motifs is 2. The number of rotatable bonds is 5. The molecule has 0 aromatic heterocycles. The van der Waals surface area contributed by atoms with Crippen molar-refractivity contribution in [2.75, 3.05) is 26.5 Å². The van der Waals surface area contributed by atoms with Gasteiger partial charge in [0.2, 0.25) is 0 Å². The summed E-state index contributed by atoms with van der Waals surface area (Å²) >= 11 is 2.83. The van der Waals surface area contributed by atoms with E-state index in [9.17, 15) is 30.2 Å². The quantitative estimate of drug-likeness (QED) is 0.0516. The van der Waals surface area contributed by atoms with E-state index < -0.39 is 79.4 Å². The van der Waals surface area contributed by atoms with Gasteiger partial charge in [0.15, 0.2) is 36.9 Å². The SMILES string of the molecule is NC1=NC23[C@H]([C@H]4NC(N)=[N+]2C[C@](OO[O-])(C[C@H]2[C@@H](CO)CON2C4=O)C3(O)O)N1COC(=O)NO.O=S. The van der Waals surface area contributed by atoms with Crippen molar-refractivity contribution in [2.45, 2.75) is 41.6 Å². The van der Waals surface area contributed by atoms with Gasteiger partial charge >= 0.3 is 12.1 Å². The Hall–Kier alpha value is -3.02. The van der Waals surface area contributed by atoms with Crippen LogP contribution >= 0.6 is 0 Å². The van der Waals surface area contributed by atoms with Crippen LogP contribution in [-0.2, 0) is 36.8 Å². The average Bonchev–Trinajstić information content (AvgIpc) is 3.48. The van der Waals surface area contributed by atoms with Gasteiger partial charge in [-0.25, -0.2) is 29.8 Å². The highest BCUT2D eigenvalue weighted by Crippen LogP contribution is 2.54. The summed E-state index contributed by atoms with van der Waals surface area (Å²) in [5, 5.41) is 60.6. The number of hydrogen-bond acceptors (Lipinski definition) is 18. The van der Waals surface area contributed by atoms with Gasteiger partial charge < -0.3 is 31.0 Å². The molecule has 5 aliphatic heterocycles. The molecule has 21 heteroatoms. The second-order valence-corrected chi connectivity index (χ2v) is 8.87. The first-order chi connectivity index (χ1) is 17.6. The number of aliphatic hydroxyl groups is 3. The third-order valence-electron chi connectivity index (χ3n) is 7.36. The van der Waals surface area contributed by atoms with Crippen molar-refractivity contribution in [1.82, 2.24) is 20.8 Å². The van der Waals surface area contributed by atoms with Crippen LogP contribution in [0.15, 0.2) is 4.99 Å². The Morgan fingerprint density at radius 3 is 2.73 bits per heavy atom. The summed E-state index contributed by atoms with van der Waals surface area (Å²) < 4.78 is 13.9. The molecule has 37 heavy (non-hydrogen) atoms. The fraction of sp³-hybridized carbons (Fsp3) is 0.750. The molecule has 1 unspecified atom stereocenters. The summed E-state index contributed by atoms with van der Waals surface area (Å²) in [5.74, 6) is -5.14. The van der Waals surface area contributed by atoms with Crippen molar-refractivity contribution >= 4 is 36.5 Å². The minimum absolute atomic E-state index is 0.0986. The average molecular weight is 552 g/mol. The Morgan fingerprint density at radius 1 is 1.41 bits per heavy atom. The number of amides is 2. The molecule has 0 saturated carbocycles. The fourth-order valence-electron chi connectivity index (χ4n) is 5.77. The topological polar surface area (TPSA) is 290 Å². The van der Waals surface area contributed by atoms with Gasteiger partial charge in [0.25, 0.3) is 17.4 Å². The van der Waals surface area contributed by atoms with E-state index in [2.05, 4.69) is 27.9 Å². The molecule has 0 aromatic carbocycles. The zero-order chi connectivity index (χ0) is 27.3. The van der Waals surface area contributed by atoms with E-state index in [0.717, 1.165) is 9.96 Å². The first-order valence-electron chi connectivity index (χ1n) is 10.6. The number of aliphatic imine (C=N–C) groups is 1. The molecule has 3 fully saturated rings. The Bertz CT molecular complexity index is 1030. The van der Waals surface area contributed by atoms with E-state index in [1.807, 2.05) is 0 Å². The summed E-state index contributed by atoms with van der Waals surface area (Å²) in [6.07, 6.45) is -1.71. The fourth-order valence-corrected chi connectivity index (χ4v) is 5.77. The number of nitrogens with two attached hydrogens (primary N) is 2. The van der Waals surface area contributed by atoms with Crippen molar-refractivity contribution in [3.8, 4) is 0 Å². The van der Waals surface area contributed by atoms with Crippen LogP contribution in [0.3, 0.4) is 0 Å². The van der Waals surface area contributed by atoms with E-state index in [-0.39, 0.29) is 18.5 Å². The summed E-state index contributed by atoms with van der Waals surface area (Å²) in [7, 11) is 0. The van der Waals surface area contributed by atoms with Gasteiger partial charge in [0.1, 0.15) is 12.6 Å². The van der Waals surface area contributed by atoms with Gasteiger partial charge in [-0.3, -0.25) is 35.8 Å². The van der Waals surface area contributed by atoms with Crippen molar-refractivity contribution in [1.29, 1.82) is 0 Å². The number of ether oxygens (including phenoxy) is 1. The molecule has 5 aliphatic rings. The number of nitrogens with zero attached hydrogens (tertiary/aromatic N) is 4. The lowest BCUT2D eigenvalue weighted by Crippen LogP contribution is -2.78. The number of hydrogen-bond donors (Lipinski definition) is 8. The number of carbonyl (C=O) groups excluding carboxylic acids is 2. The van der Waals surface area contributed by atoms with Crippen LogP contribution in [0.4, 0.5) is 4.79 Å². The van der Waals surface area contributed by atoms with Gasteiger partial charge in [-0.1, -0.05) is 0 Å². The molecular formula is C16H24N8O12S. The normalized spacial score (nSPS) is 36.9. The van der Waals surface area contributed by atoms with Crippen molar-refractivity contribution in [3.05, 3.63) is 0 Å². The minimum atomic E-state index is -3.10. The van der Waals surface area contributed by atoms with Crippen molar-refractivity contribution in [3.63, 3.8) is 0 Å². The molecule has 20 nitrogen and oxygen atoms in total. The lowest BCUT2D eigenvalue weighted by atomic mass is 9.78. The van der Waals surface area contributed by atoms with Crippen LogP contribution in [0, 0.1) is 5.92 Å². The standard InChI is InChI=1S/C16H24N8O11.OS/c17-11-19-8-9-15(20-12(18)22(9)5-32-13(27)21-30)16(28,29)14(34-35-31,4-23(11)15)1-7-6(2-25)3-33-24(7)10(8)26;1-2/h6-9,25,28-29H,1-5H2,(H7,17,18,19,20,21,27,30,31);/t6-,7-,8+,9-,14+,15?;/m0./s1. The monoisotopic (exact) mass is 552 g/mol. The molecule has 3 saturated heterocycles. The highest BCUT2D eigenvalue weighted by atomic mass is 32.1. The minimum Gasteiger partial charge on any atom is -0.692 e. The molecule has 10 N–H and O–H groups in total. The zero-order valence-electron chi connectivity index (χ0n) is 18.8. The van der Waals surface area contributed by atoms with E-state index in [4.69, 9.17) is 35.3 Å². The predicted molar refractivity (Wildman–Crippen MR) is 109 cm³/mol. The Kier molecular flexibility index (Phi) is 6.85. The molecule has 1 spiro atoms. The van der Waals surface area contributed by atoms with Gasteiger partial charge in [-0.05, 0) is 0 Å². The smallest absolute Gasteiger partial charge is 0.432 e. The van der Waals surface area contributed by atoms with Crippen molar-refractivity contribution < 1.29 is 63.7 Å². The van der Waals surface area contributed by atoms with Crippen LogP contribution in [0.2, 0.25) is 0 Å². The predicted octanol–water partition coefficient (Wildman–Crippen LogP) is -7.47. The third-order valence-corrected chi connectivity index (χ3v) is 7.36. The third kappa shape index (κ3) is 3.44. The largest absolute Gasteiger partial charge is 0.692 e. The molecule has 3 bridgehead atoms. The van der Waals surface area contributed by atoms with Gasteiger partial charge in [-0.2, -0.15) is 4.21 Å². The van der Waals surface area contributed by atoms with Gasteiger partial charge in [0, 0.05) is 12.3 Å².